The molecule has 0 bridgehead atoms. The average Bonchev–Trinajstić information content (AvgIpc) is 2.74. The van der Waals surface area contributed by atoms with E-state index >= 15 is 0 Å². The maximum atomic E-state index is 12.4. The second kappa shape index (κ2) is 8.21. The van der Waals surface area contributed by atoms with E-state index in [0.29, 0.717) is 6.54 Å². The van der Waals surface area contributed by atoms with Crippen LogP contribution in [0.4, 0.5) is 0 Å². The first-order chi connectivity index (χ1) is 14.5. The van der Waals surface area contributed by atoms with E-state index in [9.17, 15) is 14.7 Å². The van der Waals surface area contributed by atoms with Gasteiger partial charge in [-0.15, -0.1) is 0 Å². The van der Waals surface area contributed by atoms with Gasteiger partial charge in [-0.1, -0.05) is 30.0 Å². The Balaban J connectivity index is 1.53. The van der Waals surface area contributed by atoms with Crippen LogP contribution in [0.1, 0.15) is 29.5 Å². The molecule has 0 unspecified atom stereocenters. The monoisotopic (exact) mass is 404 g/mol. The number of carbonyl (C=O) groups excluding carboxylic acids is 2. The fraction of sp³-hybridized carbons (Fsp3) is 0.333. The molecule has 2 amide bonds. The summed E-state index contributed by atoms with van der Waals surface area (Å²) in [6, 6.07) is 15.2. The second-order valence-electron chi connectivity index (χ2n) is 7.65. The zero-order chi connectivity index (χ0) is 21.3. The van der Waals surface area contributed by atoms with Gasteiger partial charge in [0.15, 0.2) is 0 Å². The number of ether oxygens (including phenoxy) is 1. The van der Waals surface area contributed by atoms with Crippen molar-refractivity contribution in [3.8, 4) is 17.6 Å². The van der Waals surface area contributed by atoms with Gasteiger partial charge in [-0.3, -0.25) is 9.59 Å². The molecule has 2 saturated heterocycles. The van der Waals surface area contributed by atoms with Crippen molar-refractivity contribution in [3.05, 3.63) is 65.2 Å². The normalized spacial score (nSPS) is 22.5. The molecule has 6 heteroatoms. The number of hydrogen-bond donors (Lipinski definition) is 1. The lowest BCUT2D eigenvalue weighted by Gasteiger charge is -2.58. The molecule has 2 aliphatic rings. The predicted molar refractivity (Wildman–Crippen MR) is 112 cm³/mol. The van der Waals surface area contributed by atoms with Gasteiger partial charge in [0, 0.05) is 30.5 Å². The number of amides is 2. The van der Waals surface area contributed by atoms with Gasteiger partial charge in [-0.05, 0) is 35.9 Å². The van der Waals surface area contributed by atoms with Crippen LogP contribution in [-0.4, -0.2) is 65.6 Å². The van der Waals surface area contributed by atoms with Gasteiger partial charge >= 0.3 is 0 Å². The summed E-state index contributed by atoms with van der Waals surface area (Å²) >= 11 is 0. The highest BCUT2D eigenvalue weighted by Crippen LogP contribution is 2.42. The minimum absolute atomic E-state index is 0.00138. The van der Waals surface area contributed by atoms with Crippen molar-refractivity contribution < 1.29 is 19.4 Å². The number of benzene rings is 2. The molecule has 2 heterocycles. The lowest BCUT2D eigenvalue weighted by molar-refractivity contribution is -0.166. The number of hydrogen-bond acceptors (Lipinski definition) is 4. The van der Waals surface area contributed by atoms with Crippen LogP contribution in [0.3, 0.4) is 0 Å². The summed E-state index contributed by atoms with van der Waals surface area (Å²) in [7, 11) is 1.63. The van der Waals surface area contributed by atoms with E-state index in [0.717, 1.165) is 22.4 Å². The van der Waals surface area contributed by atoms with E-state index < -0.39 is 0 Å². The number of carbonyl (C=O) groups is 2. The van der Waals surface area contributed by atoms with Crippen molar-refractivity contribution >= 4 is 11.8 Å². The van der Waals surface area contributed by atoms with Gasteiger partial charge in [0.05, 0.1) is 32.3 Å². The quantitative estimate of drug-likeness (QED) is 0.790. The fourth-order valence-electron chi connectivity index (χ4n) is 4.37. The van der Waals surface area contributed by atoms with Crippen molar-refractivity contribution in [2.75, 3.05) is 26.8 Å². The molecule has 0 spiro atoms. The van der Waals surface area contributed by atoms with Gasteiger partial charge in [-0.25, -0.2) is 0 Å². The maximum absolute atomic E-state index is 12.4. The number of aliphatic hydroxyl groups is 1. The van der Waals surface area contributed by atoms with Crippen molar-refractivity contribution in [2.24, 2.45) is 0 Å². The van der Waals surface area contributed by atoms with Gasteiger partial charge < -0.3 is 19.6 Å². The zero-order valence-corrected chi connectivity index (χ0v) is 17.0. The van der Waals surface area contributed by atoms with E-state index in [4.69, 9.17) is 4.74 Å². The SMILES string of the molecule is COc1cccc(C#Cc2ccc([C@@H]3[C@H](CO)N4C(=O)CN(C(C)=O)C[C@@H]34)cc2)c1. The van der Waals surface area contributed by atoms with Crippen molar-refractivity contribution in [3.63, 3.8) is 0 Å². The van der Waals surface area contributed by atoms with Crippen LogP contribution < -0.4 is 4.74 Å². The highest BCUT2D eigenvalue weighted by Gasteiger charge is 2.54. The van der Waals surface area contributed by atoms with Gasteiger partial charge in [0.25, 0.3) is 0 Å². The summed E-state index contributed by atoms with van der Waals surface area (Å²) < 4.78 is 5.22. The van der Waals surface area contributed by atoms with Crippen LogP contribution in [-0.2, 0) is 9.59 Å². The second-order valence-corrected chi connectivity index (χ2v) is 7.65. The molecule has 154 valence electrons. The van der Waals surface area contributed by atoms with Crippen LogP contribution in [0.5, 0.6) is 5.75 Å². The van der Waals surface area contributed by atoms with Crippen molar-refractivity contribution in [1.82, 2.24) is 9.80 Å². The molecular formula is C24H24N2O4. The Morgan fingerprint density at radius 1 is 1.17 bits per heavy atom. The lowest BCUT2D eigenvalue weighted by atomic mass is 9.73. The highest BCUT2D eigenvalue weighted by atomic mass is 16.5. The summed E-state index contributed by atoms with van der Waals surface area (Å²) in [6.45, 7) is 1.98. The minimum Gasteiger partial charge on any atom is -0.497 e. The molecule has 0 aromatic heterocycles. The Morgan fingerprint density at radius 2 is 1.90 bits per heavy atom. The third-order valence-electron chi connectivity index (χ3n) is 5.91. The lowest BCUT2D eigenvalue weighted by Crippen LogP contribution is -2.73. The van der Waals surface area contributed by atoms with Gasteiger partial charge in [0.1, 0.15) is 5.75 Å². The first-order valence-corrected chi connectivity index (χ1v) is 9.95. The van der Waals surface area contributed by atoms with Crippen LogP contribution in [0.25, 0.3) is 0 Å². The van der Waals surface area contributed by atoms with Crippen LogP contribution in [0.15, 0.2) is 48.5 Å². The molecule has 1 N–H and O–H groups in total. The van der Waals surface area contributed by atoms with Crippen molar-refractivity contribution in [2.45, 2.75) is 24.9 Å². The highest BCUT2D eigenvalue weighted by molar-refractivity contribution is 5.87. The average molecular weight is 404 g/mol. The molecule has 4 rings (SSSR count). The Hall–Kier alpha value is -3.30. The number of fused-ring (bicyclic) bond motifs is 1. The summed E-state index contributed by atoms with van der Waals surface area (Å²) in [5, 5.41) is 9.85. The molecule has 2 aromatic carbocycles. The molecule has 2 aliphatic heterocycles. The number of methoxy groups -OCH3 is 1. The fourth-order valence-corrected chi connectivity index (χ4v) is 4.37. The largest absolute Gasteiger partial charge is 0.497 e. The first kappa shape index (κ1) is 20.0. The number of aliphatic hydroxyl groups excluding tert-OH is 1. The molecule has 0 radical (unpaired) electrons. The Morgan fingerprint density at radius 3 is 2.57 bits per heavy atom. The van der Waals surface area contributed by atoms with E-state index in [1.54, 1.807) is 16.9 Å². The summed E-state index contributed by atoms with van der Waals surface area (Å²) in [4.78, 5) is 27.5. The third kappa shape index (κ3) is 3.64. The molecule has 2 aromatic rings. The molecule has 0 aliphatic carbocycles. The summed E-state index contributed by atoms with van der Waals surface area (Å²) in [5.74, 6) is 6.86. The van der Waals surface area contributed by atoms with Crippen LogP contribution >= 0.6 is 0 Å². The molecular weight excluding hydrogens is 380 g/mol. The van der Waals surface area contributed by atoms with Crippen molar-refractivity contribution in [1.29, 1.82) is 0 Å². The molecule has 2 fully saturated rings. The Bertz CT molecular complexity index is 1020. The van der Waals surface area contributed by atoms with E-state index in [2.05, 4.69) is 11.8 Å². The first-order valence-electron chi connectivity index (χ1n) is 9.95. The smallest absolute Gasteiger partial charge is 0.242 e. The van der Waals surface area contributed by atoms with E-state index in [1.165, 1.54) is 6.92 Å². The summed E-state index contributed by atoms with van der Waals surface area (Å²) in [6.07, 6.45) is 0. The Labute approximate surface area is 176 Å². The molecule has 30 heavy (non-hydrogen) atoms. The Kier molecular flexibility index (Phi) is 5.47. The standard InChI is InChI=1S/C24H24N2O4/c1-16(28)25-13-21-24(22(15-27)26(21)23(29)14-25)19-10-8-17(9-11-19)6-7-18-4-3-5-20(12-18)30-2/h3-5,8-12,21-22,24,27H,13-15H2,1-2H3/t21-,22-,24-/m0/s1. The minimum atomic E-state index is -0.245. The van der Waals surface area contributed by atoms with Gasteiger partial charge in [-0.2, -0.15) is 0 Å². The summed E-state index contributed by atoms with van der Waals surface area (Å²) in [5.41, 5.74) is 2.79. The topological polar surface area (TPSA) is 70.1 Å². The number of piperazine rings is 1. The third-order valence-corrected chi connectivity index (χ3v) is 5.91. The van der Waals surface area contributed by atoms with Crippen LogP contribution in [0.2, 0.25) is 0 Å². The van der Waals surface area contributed by atoms with E-state index in [1.807, 2.05) is 48.5 Å². The predicted octanol–water partition coefficient (Wildman–Crippen LogP) is 1.61. The molecule has 0 saturated carbocycles. The van der Waals surface area contributed by atoms with Gasteiger partial charge in [0.2, 0.25) is 11.8 Å². The zero-order valence-electron chi connectivity index (χ0n) is 17.0. The van der Waals surface area contributed by atoms with E-state index in [-0.39, 0.29) is 43.0 Å². The van der Waals surface area contributed by atoms with Crippen LogP contribution in [0, 0.1) is 11.8 Å². The maximum Gasteiger partial charge on any atom is 0.242 e. The molecule has 6 nitrogen and oxygen atoms in total. The number of rotatable bonds is 3. The number of nitrogens with zero attached hydrogens (tertiary/aromatic N) is 2. The molecule has 3 atom stereocenters.